The van der Waals surface area contributed by atoms with Crippen molar-refractivity contribution in [3.05, 3.63) is 24.3 Å². The number of amides is 1. The number of fused-ring (bicyclic) bond motifs is 2. The highest BCUT2D eigenvalue weighted by molar-refractivity contribution is 6.11. The topological polar surface area (TPSA) is 116 Å². The molecule has 2 aromatic heterocycles. The van der Waals surface area contributed by atoms with Gasteiger partial charge in [0.1, 0.15) is 29.4 Å². The lowest BCUT2D eigenvalue weighted by Gasteiger charge is -2.33. The second-order valence-corrected chi connectivity index (χ2v) is 8.70. The number of ether oxygens (including phenoxy) is 1. The number of carbonyl (C=O) groups is 1. The van der Waals surface area contributed by atoms with Gasteiger partial charge < -0.3 is 15.2 Å². The fourth-order valence-corrected chi connectivity index (χ4v) is 4.94. The van der Waals surface area contributed by atoms with Crippen LogP contribution in [-0.2, 0) is 10.2 Å². The standard InChI is InChI=1S/C20H24N6O3/c27-12-3-1-2-11(6-12)26-17-14(8-21-10-22-17)20(19(26)28)7-16(20)24-15-9-23-25-18(15)29-13-4-5-13/h8-13,16,24,27H,1-7H2,(H,23,25)/t11-,12-,16?,20?/m1/s1. The van der Waals surface area contributed by atoms with Crippen LogP contribution >= 0.6 is 0 Å². The number of carbonyl (C=O) groups excluding carboxylic acids is 1. The van der Waals surface area contributed by atoms with Crippen LogP contribution in [0.1, 0.15) is 50.5 Å². The van der Waals surface area contributed by atoms with Gasteiger partial charge in [0, 0.05) is 30.0 Å². The van der Waals surface area contributed by atoms with Crippen LogP contribution in [0.4, 0.5) is 11.5 Å². The Morgan fingerprint density at radius 3 is 3.03 bits per heavy atom. The van der Waals surface area contributed by atoms with Gasteiger partial charge in [0.15, 0.2) is 0 Å². The Balaban J connectivity index is 1.29. The molecule has 2 unspecified atom stereocenters. The predicted octanol–water partition coefficient (Wildman–Crippen LogP) is 1.51. The SMILES string of the molecule is O=C1N([C@@H]2CCC[C@@H](O)C2)c2ncncc2C12CC2Nc1c[nH]nc1OC1CC1. The number of aliphatic hydroxyl groups is 1. The van der Waals surface area contributed by atoms with E-state index in [1.165, 1.54) is 6.33 Å². The molecule has 152 valence electrons. The second-order valence-electron chi connectivity index (χ2n) is 8.70. The van der Waals surface area contributed by atoms with Gasteiger partial charge >= 0.3 is 0 Å². The summed E-state index contributed by atoms with van der Waals surface area (Å²) in [6, 6.07) is -0.0689. The zero-order chi connectivity index (χ0) is 19.6. The molecule has 0 aromatic carbocycles. The summed E-state index contributed by atoms with van der Waals surface area (Å²) in [4.78, 5) is 24.1. The lowest BCUT2D eigenvalue weighted by Crippen LogP contribution is -2.45. The van der Waals surface area contributed by atoms with Crippen molar-refractivity contribution < 1.29 is 14.6 Å². The lowest BCUT2D eigenvalue weighted by molar-refractivity contribution is -0.121. The molecule has 2 aromatic rings. The molecule has 0 saturated heterocycles. The van der Waals surface area contributed by atoms with Crippen LogP contribution in [0.5, 0.6) is 5.88 Å². The van der Waals surface area contributed by atoms with Gasteiger partial charge in [-0.25, -0.2) is 9.97 Å². The summed E-state index contributed by atoms with van der Waals surface area (Å²) in [5.41, 5.74) is 1.03. The summed E-state index contributed by atoms with van der Waals surface area (Å²) in [6.45, 7) is 0. The van der Waals surface area contributed by atoms with Crippen molar-refractivity contribution in [2.45, 2.75) is 74.7 Å². The molecule has 9 heteroatoms. The average Bonchev–Trinajstić information content (AvgIpc) is 3.59. The summed E-state index contributed by atoms with van der Waals surface area (Å²) >= 11 is 0. The van der Waals surface area contributed by atoms with Crippen molar-refractivity contribution in [1.29, 1.82) is 0 Å². The first-order valence-corrected chi connectivity index (χ1v) is 10.5. The molecule has 4 atom stereocenters. The van der Waals surface area contributed by atoms with E-state index in [-0.39, 0.29) is 30.2 Å². The molecule has 3 heterocycles. The Labute approximate surface area is 167 Å². The number of aliphatic hydroxyl groups excluding tert-OH is 1. The molecular weight excluding hydrogens is 372 g/mol. The summed E-state index contributed by atoms with van der Waals surface area (Å²) in [6.07, 6.45) is 11.0. The zero-order valence-electron chi connectivity index (χ0n) is 16.0. The van der Waals surface area contributed by atoms with Gasteiger partial charge in [0.25, 0.3) is 5.88 Å². The number of aromatic amines is 1. The maximum Gasteiger partial charge on any atom is 0.256 e. The molecular formula is C20H24N6O3. The zero-order valence-corrected chi connectivity index (χ0v) is 16.0. The molecule has 3 aliphatic carbocycles. The van der Waals surface area contributed by atoms with Crippen molar-refractivity contribution in [1.82, 2.24) is 20.2 Å². The minimum Gasteiger partial charge on any atom is -0.472 e. The minimum atomic E-state index is -0.646. The molecule has 1 amide bonds. The number of nitrogens with one attached hydrogen (secondary N) is 2. The normalized spacial score (nSPS) is 33.1. The molecule has 6 rings (SSSR count). The van der Waals surface area contributed by atoms with Crippen molar-refractivity contribution in [3.63, 3.8) is 0 Å². The summed E-state index contributed by atoms with van der Waals surface area (Å²) in [5.74, 6) is 1.34. The first-order chi connectivity index (χ1) is 14.2. The number of nitrogens with zero attached hydrogens (tertiary/aromatic N) is 4. The molecule has 0 radical (unpaired) electrons. The van der Waals surface area contributed by atoms with Gasteiger partial charge in [0.05, 0.1) is 6.10 Å². The molecule has 0 bridgehead atoms. The molecule has 1 aliphatic heterocycles. The van der Waals surface area contributed by atoms with Gasteiger partial charge in [-0.05, 0) is 44.9 Å². The molecule has 29 heavy (non-hydrogen) atoms. The number of hydrogen-bond acceptors (Lipinski definition) is 7. The van der Waals surface area contributed by atoms with Gasteiger partial charge in [-0.3, -0.25) is 14.8 Å². The van der Waals surface area contributed by atoms with E-state index in [2.05, 4.69) is 25.5 Å². The number of rotatable bonds is 5. The Kier molecular flexibility index (Phi) is 3.65. The van der Waals surface area contributed by atoms with Crippen molar-refractivity contribution >= 4 is 17.4 Å². The van der Waals surface area contributed by atoms with Gasteiger partial charge in [0.2, 0.25) is 5.91 Å². The molecule has 4 aliphatic rings. The average molecular weight is 396 g/mol. The van der Waals surface area contributed by atoms with Crippen LogP contribution in [0.2, 0.25) is 0 Å². The number of hydrogen-bond donors (Lipinski definition) is 3. The summed E-state index contributed by atoms with van der Waals surface area (Å²) in [7, 11) is 0. The number of anilines is 2. The Morgan fingerprint density at radius 2 is 2.21 bits per heavy atom. The van der Waals surface area contributed by atoms with Crippen LogP contribution in [0.25, 0.3) is 0 Å². The van der Waals surface area contributed by atoms with E-state index in [1.54, 1.807) is 12.4 Å². The third kappa shape index (κ3) is 2.63. The fourth-order valence-electron chi connectivity index (χ4n) is 4.94. The Morgan fingerprint density at radius 1 is 1.31 bits per heavy atom. The smallest absolute Gasteiger partial charge is 0.256 e. The van der Waals surface area contributed by atoms with E-state index in [0.29, 0.717) is 24.5 Å². The second kappa shape index (κ2) is 6.16. The van der Waals surface area contributed by atoms with Crippen LogP contribution in [-0.4, -0.2) is 55.5 Å². The molecule has 9 nitrogen and oxygen atoms in total. The van der Waals surface area contributed by atoms with Crippen LogP contribution in [0, 0.1) is 0 Å². The summed E-state index contributed by atoms with van der Waals surface area (Å²) in [5, 5.41) is 20.7. The quantitative estimate of drug-likeness (QED) is 0.701. The third-order valence-electron chi connectivity index (χ3n) is 6.68. The van der Waals surface area contributed by atoms with Gasteiger partial charge in [-0.2, -0.15) is 0 Å². The lowest BCUT2D eigenvalue weighted by atomic mass is 9.91. The molecule has 3 saturated carbocycles. The number of H-pyrrole nitrogens is 1. The van der Waals surface area contributed by atoms with E-state index in [4.69, 9.17) is 4.74 Å². The van der Waals surface area contributed by atoms with E-state index in [9.17, 15) is 9.90 Å². The maximum atomic E-state index is 13.6. The van der Waals surface area contributed by atoms with Crippen molar-refractivity contribution in [2.75, 3.05) is 10.2 Å². The molecule has 3 fully saturated rings. The monoisotopic (exact) mass is 396 g/mol. The van der Waals surface area contributed by atoms with Crippen LogP contribution < -0.4 is 15.0 Å². The highest BCUT2D eigenvalue weighted by atomic mass is 16.5. The number of aromatic nitrogens is 4. The van der Waals surface area contributed by atoms with Gasteiger partial charge in [-0.15, -0.1) is 5.10 Å². The van der Waals surface area contributed by atoms with Gasteiger partial charge in [-0.1, -0.05) is 0 Å². The highest BCUT2D eigenvalue weighted by Crippen LogP contribution is 2.58. The van der Waals surface area contributed by atoms with Crippen LogP contribution in [0.15, 0.2) is 18.7 Å². The van der Waals surface area contributed by atoms with Crippen molar-refractivity contribution in [3.8, 4) is 5.88 Å². The Hall–Kier alpha value is -2.68. The fraction of sp³-hybridized carbons (Fsp3) is 0.600. The highest BCUT2D eigenvalue weighted by Gasteiger charge is 2.69. The largest absolute Gasteiger partial charge is 0.472 e. The van der Waals surface area contributed by atoms with Crippen molar-refractivity contribution in [2.24, 2.45) is 0 Å². The predicted molar refractivity (Wildman–Crippen MR) is 104 cm³/mol. The van der Waals surface area contributed by atoms with E-state index in [1.807, 2.05) is 4.90 Å². The minimum absolute atomic E-state index is 0.0109. The van der Waals surface area contributed by atoms with E-state index in [0.717, 1.165) is 43.4 Å². The summed E-state index contributed by atoms with van der Waals surface area (Å²) < 4.78 is 5.85. The third-order valence-corrected chi connectivity index (χ3v) is 6.68. The van der Waals surface area contributed by atoms with E-state index >= 15 is 0 Å². The molecule has 1 spiro atoms. The van der Waals surface area contributed by atoms with Crippen LogP contribution in [0.3, 0.4) is 0 Å². The van der Waals surface area contributed by atoms with E-state index < -0.39 is 5.41 Å². The Bertz CT molecular complexity index is 959. The maximum absolute atomic E-state index is 13.6. The first kappa shape index (κ1) is 17.2. The first-order valence-electron chi connectivity index (χ1n) is 10.5. The molecule has 3 N–H and O–H groups in total.